The Labute approximate surface area is 258 Å². The Morgan fingerprint density at radius 2 is 1.74 bits per heavy atom. The molecule has 1 aliphatic rings. The van der Waals surface area contributed by atoms with Gasteiger partial charge in [0.25, 0.3) is 11.8 Å². The Morgan fingerprint density at radius 1 is 1.05 bits per heavy atom. The highest BCUT2D eigenvalue weighted by Gasteiger charge is 2.22. The largest absolute Gasteiger partial charge is 0.381 e. The van der Waals surface area contributed by atoms with Crippen molar-refractivity contribution in [2.75, 3.05) is 18.5 Å². The van der Waals surface area contributed by atoms with E-state index in [-0.39, 0.29) is 36.8 Å². The number of carbonyl (C=O) groups is 2. The van der Waals surface area contributed by atoms with Gasteiger partial charge >= 0.3 is 0 Å². The molecule has 43 heavy (non-hydrogen) atoms. The van der Waals surface area contributed by atoms with Gasteiger partial charge in [-0.05, 0) is 90.5 Å². The minimum absolute atomic E-state index is 0.222. The van der Waals surface area contributed by atoms with E-state index < -0.39 is 0 Å². The summed E-state index contributed by atoms with van der Waals surface area (Å²) in [5.41, 5.74) is 5.90. The van der Waals surface area contributed by atoms with Crippen molar-refractivity contribution in [1.29, 1.82) is 0 Å². The number of nitrogens with zero attached hydrogens (tertiary/aromatic N) is 3. The second-order valence-electron chi connectivity index (χ2n) is 10.7. The summed E-state index contributed by atoms with van der Waals surface area (Å²) >= 11 is 3.17. The van der Waals surface area contributed by atoms with E-state index in [0.717, 1.165) is 51.9 Å². The molecule has 3 heterocycles. The highest BCUT2D eigenvalue weighted by Crippen LogP contribution is 2.31. The smallest absolute Gasteiger partial charge is 0.251 e. The van der Waals surface area contributed by atoms with Crippen molar-refractivity contribution in [1.82, 2.24) is 25.4 Å². The Bertz CT molecular complexity index is 1650. The van der Waals surface area contributed by atoms with Crippen LogP contribution in [-0.4, -0.2) is 45.8 Å². The van der Waals surface area contributed by atoms with Gasteiger partial charge in [-0.1, -0.05) is 13.0 Å². The minimum atomic E-state index is -0.367. The van der Waals surface area contributed by atoms with Crippen molar-refractivity contribution in [2.24, 2.45) is 0 Å². The number of aromatic nitrogens is 3. The van der Waals surface area contributed by atoms with Crippen LogP contribution in [0.1, 0.15) is 69.8 Å². The summed E-state index contributed by atoms with van der Waals surface area (Å²) in [4.78, 5) is 31.4. The Morgan fingerprint density at radius 3 is 2.40 bits per heavy atom. The van der Waals surface area contributed by atoms with Gasteiger partial charge in [0, 0.05) is 61.3 Å². The maximum atomic E-state index is 13.6. The summed E-state index contributed by atoms with van der Waals surface area (Å²) in [7, 11) is 0. The molecule has 0 spiro atoms. The topological polar surface area (TPSA) is 110 Å². The lowest BCUT2D eigenvalue weighted by Crippen LogP contribution is -2.30. The normalized spacial score (nSPS) is 13.7. The van der Waals surface area contributed by atoms with E-state index in [1.54, 1.807) is 30.3 Å². The summed E-state index contributed by atoms with van der Waals surface area (Å²) < 4.78 is 21.4. The summed E-state index contributed by atoms with van der Waals surface area (Å²) in [6, 6.07) is 9.92. The van der Waals surface area contributed by atoms with Gasteiger partial charge in [-0.3, -0.25) is 9.59 Å². The molecule has 0 radical (unpaired) electrons. The second kappa shape index (κ2) is 13.6. The molecule has 1 saturated heterocycles. The van der Waals surface area contributed by atoms with Gasteiger partial charge in [-0.25, -0.2) is 14.1 Å². The number of rotatable bonds is 10. The predicted octanol–water partition coefficient (Wildman–Crippen LogP) is 5.67. The van der Waals surface area contributed by atoms with E-state index in [9.17, 15) is 14.0 Å². The van der Waals surface area contributed by atoms with E-state index in [0.29, 0.717) is 41.8 Å². The standard InChI is InChI=1S/C32H36BrFN6O3/c1-4-28-24(29(38-23-8-10-43-11-9-23)25-18-37-40(5-2)30(25)39-28)17-36-32(42)22-13-19(3)12-21(15-22)31(41)35-16-20-6-7-27(34)26(33)14-20/h6-7,12-15,18,23H,4-5,8-11,16-17H2,1-3H3,(H,35,41)(H,36,42)(H,38,39). The van der Waals surface area contributed by atoms with Crippen LogP contribution >= 0.6 is 15.9 Å². The van der Waals surface area contributed by atoms with Gasteiger partial charge in [-0.15, -0.1) is 0 Å². The number of pyridine rings is 1. The van der Waals surface area contributed by atoms with Crippen molar-refractivity contribution in [3.63, 3.8) is 0 Å². The first-order valence-corrected chi connectivity index (χ1v) is 15.4. The number of amides is 2. The van der Waals surface area contributed by atoms with Crippen LogP contribution in [0.4, 0.5) is 10.1 Å². The summed E-state index contributed by atoms with van der Waals surface area (Å²) in [5.74, 6) is -0.977. The third-order valence-corrected chi connectivity index (χ3v) is 8.25. The van der Waals surface area contributed by atoms with E-state index >= 15 is 0 Å². The van der Waals surface area contributed by atoms with Gasteiger partial charge in [0.2, 0.25) is 0 Å². The number of hydrogen-bond donors (Lipinski definition) is 3. The molecule has 1 aliphatic heterocycles. The third kappa shape index (κ3) is 7.05. The van der Waals surface area contributed by atoms with Crippen LogP contribution in [-0.2, 0) is 30.8 Å². The molecule has 0 unspecified atom stereocenters. The van der Waals surface area contributed by atoms with Crippen molar-refractivity contribution in [3.8, 4) is 0 Å². The molecule has 2 aromatic heterocycles. The average molecular weight is 652 g/mol. The SMILES string of the molecule is CCc1nc2c(cnn2CC)c(NC2CCOCC2)c1CNC(=O)c1cc(C)cc(C(=O)NCc2ccc(F)c(Br)c2)c1. The van der Waals surface area contributed by atoms with Crippen LogP contribution in [0.3, 0.4) is 0 Å². The minimum Gasteiger partial charge on any atom is -0.381 e. The first kappa shape index (κ1) is 30.6. The molecule has 11 heteroatoms. The molecule has 5 rings (SSSR count). The molecule has 226 valence electrons. The fourth-order valence-electron chi connectivity index (χ4n) is 5.35. The van der Waals surface area contributed by atoms with Gasteiger partial charge < -0.3 is 20.7 Å². The number of carbonyl (C=O) groups excluding carboxylic acids is 2. The Kier molecular flexibility index (Phi) is 9.72. The van der Waals surface area contributed by atoms with Crippen LogP contribution < -0.4 is 16.0 Å². The monoisotopic (exact) mass is 650 g/mol. The third-order valence-electron chi connectivity index (χ3n) is 7.64. The number of hydrogen-bond acceptors (Lipinski definition) is 6. The number of fused-ring (bicyclic) bond motifs is 1. The molecule has 9 nitrogen and oxygen atoms in total. The number of nitrogens with one attached hydrogen (secondary N) is 3. The lowest BCUT2D eigenvalue weighted by molar-refractivity contribution is 0.0904. The highest BCUT2D eigenvalue weighted by molar-refractivity contribution is 9.10. The molecule has 4 aromatic rings. The van der Waals surface area contributed by atoms with Crippen LogP contribution in [0.25, 0.3) is 11.0 Å². The number of halogens is 2. The molecule has 3 N–H and O–H groups in total. The van der Waals surface area contributed by atoms with Crippen LogP contribution in [0.2, 0.25) is 0 Å². The fraction of sp³-hybridized carbons (Fsp3) is 0.375. The van der Waals surface area contributed by atoms with E-state index in [1.807, 2.05) is 24.7 Å². The number of aryl methyl sites for hydroxylation is 3. The van der Waals surface area contributed by atoms with E-state index in [4.69, 9.17) is 9.72 Å². The molecule has 0 aliphatic carbocycles. The van der Waals surface area contributed by atoms with Crippen LogP contribution in [0.15, 0.2) is 47.1 Å². The van der Waals surface area contributed by atoms with Gasteiger partial charge in [0.05, 0.1) is 21.7 Å². The van der Waals surface area contributed by atoms with Crippen molar-refractivity contribution < 1.29 is 18.7 Å². The second-order valence-corrected chi connectivity index (χ2v) is 11.6. The number of ether oxygens (including phenoxy) is 1. The number of benzene rings is 2. The highest BCUT2D eigenvalue weighted by atomic mass is 79.9. The molecule has 0 bridgehead atoms. The maximum Gasteiger partial charge on any atom is 0.251 e. The lowest BCUT2D eigenvalue weighted by Gasteiger charge is -2.26. The van der Waals surface area contributed by atoms with E-state index in [2.05, 4.69) is 43.9 Å². The average Bonchev–Trinajstić information content (AvgIpc) is 3.43. The zero-order valence-corrected chi connectivity index (χ0v) is 26.2. The predicted molar refractivity (Wildman–Crippen MR) is 168 cm³/mol. The fourth-order valence-corrected chi connectivity index (χ4v) is 5.78. The van der Waals surface area contributed by atoms with Crippen molar-refractivity contribution >= 4 is 44.5 Å². The quantitative estimate of drug-likeness (QED) is 0.204. The molecule has 0 atom stereocenters. The zero-order valence-electron chi connectivity index (χ0n) is 24.6. The Hall–Kier alpha value is -3.83. The summed E-state index contributed by atoms with van der Waals surface area (Å²) in [6.45, 7) is 8.55. The molecule has 2 amide bonds. The Balaban J connectivity index is 1.36. The van der Waals surface area contributed by atoms with Crippen molar-refractivity contribution in [3.05, 3.63) is 86.4 Å². The summed E-state index contributed by atoms with van der Waals surface area (Å²) in [5, 5.41) is 15.1. The van der Waals surface area contributed by atoms with Crippen molar-refractivity contribution in [2.45, 2.75) is 65.7 Å². The van der Waals surface area contributed by atoms with Gasteiger partial charge in [0.1, 0.15) is 5.82 Å². The van der Waals surface area contributed by atoms with Crippen LogP contribution in [0.5, 0.6) is 0 Å². The van der Waals surface area contributed by atoms with Gasteiger partial charge in [0.15, 0.2) is 5.65 Å². The molecule has 0 saturated carbocycles. The molecular formula is C32H36BrFN6O3. The van der Waals surface area contributed by atoms with Crippen LogP contribution in [0, 0.1) is 12.7 Å². The number of anilines is 1. The molecule has 1 fully saturated rings. The first-order chi connectivity index (χ1) is 20.8. The molecular weight excluding hydrogens is 615 g/mol. The first-order valence-electron chi connectivity index (χ1n) is 14.6. The maximum absolute atomic E-state index is 13.6. The lowest BCUT2D eigenvalue weighted by atomic mass is 10.0. The van der Waals surface area contributed by atoms with E-state index in [1.165, 1.54) is 6.07 Å². The van der Waals surface area contributed by atoms with Gasteiger partial charge in [-0.2, -0.15) is 5.10 Å². The zero-order chi connectivity index (χ0) is 30.5. The molecule has 2 aromatic carbocycles. The summed E-state index contributed by atoms with van der Waals surface area (Å²) in [6.07, 6.45) is 4.32.